The minimum atomic E-state index is -3.46. The number of rotatable bonds is 7. The molecular weight excluding hydrogens is 270 g/mol. The third-order valence-corrected chi connectivity index (χ3v) is 5.10. The highest BCUT2D eigenvalue weighted by Crippen LogP contribution is 2.20. The summed E-state index contributed by atoms with van der Waals surface area (Å²) < 4.78 is 26.4. The van der Waals surface area contributed by atoms with Gasteiger partial charge in [0.05, 0.1) is 0 Å². The highest BCUT2D eigenvalue weighted by molar-refractivity contribution is 7.91. The van der Waals surface area contributed by atoms with E-state index in [1.807, 2.05) is 19.9 Å². The van der Waals surface area contributed by atoms with Crippen LogP contribution in [0.5, 0.6) is 0 Å². The average molecular weight is 287 g/mol. The fraction of sp³-hybridized carbons (Fsp3) is 0.545. The fourth-order valence-corrected chi connectivity index (χ4v) is 3.50. The maximum Gasteiger partial charge on any atom is 0.250 e. The third kappa shape index (κ3) is 4.74. The van der Waals surface area contributed by atoms with Gasteiger partial charge in [0, 0.05) is 12.6 Å². The van der Waals surface area contributed by atoms with Crippen molar-refractivity contribution in [3.63, 3.8) is 0 Å². The first kappa shape index (κ1) is 15.1. The predicted octanol–water partition coefficient (Wildman–Crippen LogP) is 1.29. The average Bonchev–Trinajstić information content (AvgIpc) is 2.77. The zero-order chi connectivity index (χ0) is 13.6. The Morgan fingerprint density at radius 2 is 2.11 bits per heavy atom. The molecule has 1 heterocycles. The lowest BCUT2D eigenvalue weighted by atomic mass is 10.3. The molecule has 0 spiro atoms. The van der Waals surface area contributed by atoms with Crippen molar-refractivity contribution in [2.75, 3.05) is 13.1 Å². The molecule has 0 radical (unpaired) electrons. The van der Waals surface area contributed by atoms with Crippen LogP contribution < -0.4 is 10.0 Å². The molecule has 0 saturated heterocycles. The predicted molar refractivity (Wildman–Crippen MR) is 72.0 cm³/mol. The van der Waals surface area contributed by atoms with Crippen molar-refractivity contribution < 1.29 is 8.42 Å². The molecule has 1 rings (SSSR count). The second kappa shape index (κ2) is 6.85. The van der Waals surface area contributed by atoms with E-state index in [4.69, 9.17) is 5.26 Å². The van der Waals surface area contributed by atoms with E-state index >= 15 is 0 Å². The van der Waals surface area contributed by atoms with Crippen molar-refractivity contribution in [1.82, 2.24) is 10.0 Å². The van der Waals surface area contributed by atoms with Crippen LogP contribution in [0, 0.1) is 11.3 Å². The Balaban J connectivity index is 2.43. The number of hydrogen-bond donors (Lipinski definition) is 2. The highest BCUT2D eigenvalue weighted by Gasteiger charge is 2.15. The van der Waals surface area contributed by atoms with Crippen LogP contribution in [0.4, 0.5) is 0 Å². The lowest BCUT2D eigenvalue weighted by Crippen LogP contribution is -2.29. The van der Waals surface area contributed by atoms with Crippen LogP contribution in [-0.2, 0) is 10.0 Å². The van der Waals surface area contributed by atoms with Gasteiger partial charge in [-0.2, -0.15) is 5.26 Å². The van der Waals surface area contributed by atoms with Crippen molar-refractivity contribution in [1.29, 1.82) is 5.26 Å². The maximum absolute atomic E-state index is 11.8. The van der Waals surface area contributed by atoms with Gasteiger partial charge in [-0.05, 0) is 25.1 Å². The van der Waals surface area contributed by atoms with Gasteiger partial charge in [0.2, 0.25) is 10.0 Å². The zero-order valence-electron chi connectivity index (χ0n) is 10.4. The normalized spacial score (nSPS) is 11.7. The molecule has 0 saturated carbocycles. The maximum atomic E-state index is 11.8. The highest BCUT2D eigenvalue weighted by atomic mass is 32.2. The van der Waals surface area contributed by atoms with Crippen molar-refractivity contribution >= 4 is 21.4 Å². The van der Waals surface area contributed by atoms with Crippen LogP contribution in [0.25, 0.3) is 0 Å². The molecule has 0 amide bonds. The molecule has 0 aromatic carbocycles. The van der Waals surface area contributed by atoms with Crippen molar-refractivity contribution in [2.24, 2.45) is 0 Å². The molecule has 1 aromatic rings. The molecule has 7 heteroatoms. The quantitative estimate of drug-likeness (QED) is 0.740. The van der Waals surface area contributed by atoms with Gasteiger partial charge in [-0.3, -0.25) is 0 Å². The van der Waals surface area contributed by atoms with Gasteiger partial charge >= 0.3 is 0 Å². The molecule has 0 aliphatic heterocycles. The van der Waals surface area contributed by atoms with Gasteiger partial charge in [0.25, 0.3) is 0 Å². The largest absolute Gasteiger partial charge is 0.314 e. The third-order valence-electron chi connectivity index (χ3n) is 2.15. The Kier molecular flexibility index (Phi) is 5.75. The lowest BCUT2D eigenvalue weighted by Gasteiger charge is -2.08. The van der Waals surface area contributed by atoms with E-state index in [1.165, 1.54) is 12.1 Å². The van der Waals surface area contributed by atoms with Gasteiger partial charge in [-0.15, -0.1) is 11.3 Å². The standard InChI is InChI=1S/C11H17N3O2S2/c1-9(2)13-6-3-7-14-18(15,16)11-5-4-10(8-12)17-11/h4-5,9,13-14H,3,6-7H2,1-2H3. The summed E-state index contributed by atoms with van der Waals surface area (Å²) in [7, 11) is -3.46. The number of nitrogens with zero attached hydrogens (tertiary/aromatic N) is 1. The smallest absolute Gasteiger partial charge is 0.250 e. The molecule has 100 valence electrons. The number of nitriles is 1. The monoisotopic (exact) mass is 287 g/mol. The summed E-state index contributed by atoms with van der Waals surface area (Å²) in [6.07, 6.45) is 0.730. The first-order chi connectivity index (χ1) is 8.45. The molecule has 0 fully saturated rings. The van der Waals surface area contributed by atoms with Gasteiger partial charge in [-0.25, -0.2) is 13.1 Å². The number of nitrogens with one attached hydrogen (secondary N) is 2. The minimum absolute atomic E-state index is 0.191. The van der Waals surface area contributed by atoms with E-state index in [0.29, 0.717) is 17.5 Å². The van der Waals surface area contributed by atoms with E-state index in [-0.39, 0.29) is 4.21 Å². The Morgan fingerprint density at radius 1 is 1.39 bits per heavy atom. The summed E-state index contributed by atoms with van der Waals surface area (Å²) in [4.78, 5) is 0.400. The molecular formula is C11H17N3O2S2. The summed E-state index contributed by atoms with van der Waals surface area (Å²) in [6.45, 7) is 5.24. The van der Waals surface area contributed by atoms with E-state index in [0.717, 1.165) is 24.3 Å². The molecule has 2 N–H and O–H groups in total. The van der Waals surface area contributed by atoms with Gasteiger partial charge in [0.1, 0.15) is 15.2 Å². The molecule has 0 unspecified atom stereocenters. The van der Waals surface area contributed by atoms with Crippen molar-refractivity contribution in [3.8, 4) is 6.07 Å². The Bertz CT molecular complexity index is 515. The van der Waals surface area contributed by atoms with E-state index in [9.17, 15) is 8.42 Å². The van der Waals surface area contributed by atoms with Gasteiger partial charge in [0.15, 0.2) is 0 Å². The molecule has 18 heavy (non-hydrogen) atoms. The molecule has 1 aromatic heterocycles. The van der Waals surface area contributed by atoms with Crippen LogP contribution in [0.15, 0.2) is 16.3 Å². The second-order valence-corrected chi connectivity index (χ2v) is 7.17. The number of thiophene rings is 1. The summed E-state index contributed by atoms with van der Waals surface area (Å²) >= 11 is 0.981. The van der Waals surface area contributed by atoms with Gasteiger partial charge in [-0.1, -0.05) is 13.8 Å². The van der Waals surface area contributed by atoms with Crippen molar-refractivity contribution in [2.45, 2.75) is 30.5 Å². The van der Waals surface area contributed by atoms with Crippen LogP contribution in [0.1, 0.15) is 25.1 Å². The number of sulfonamides is 1. The molecule has 0 aliphatic carbocycles. The molecule has 5 nitrogen and oxygen atoms in total. The SMILES string of the molecule is CC(C)NCCCNS(=O)(=O)c1ccc(C#N)s1. The summed E-state index contributed by atoms with van der Waals surface area (Å²) in [5, 5.41) is 11.9. The lowest BCUT2D eigenvalue weighted by molar-refractivity contribution is 0.555. The second-order valence-electron chi connectivity index (χ2n) is 4.09. The first-order valence-electron chi connectivity index (χ1n) is 5.68. The van der Waals surface area contributed by atoms with Crippen molar-refractivity contribution in [3.05, 3.63) is 17.0 Å². The van der Waals surface area contributed by atoms with Crippen LogP contribution >= 0.6 is 11.3 Å². The summed E-state index contributed by atoms with van der Waals surface area (Å²) in [5.41, 5.74) is 0. The van der Waals surface area contributed by atoms with Crippen LogP contribution in [-0.4, -0.2) is 27.5 Å². The van der Waals surface area contributed by atoms with Crippen LogP contribution in [0.3, 0.4) is 0 Å². The number of hydrogen-bond acceptors (Lipinski definition) is 5. The topological polar surface area (TPSA) is 82.0 Å². The summed E-state index contributed by atoms with van der Waals surface area (Å²) in [5.74, 6) is 0. The first-order valence-corrected chi connectivity index (χ1v) is 7.98. The zero-order valence-corrected chi connectivity index (χ0v) is 12.1. The Labute approximate surface area is 112 Å². The molecule has 0 atom stereocenters. The Morgan fingerprint density at radius 3 is 2.67 bits per heavy atom. The van der Waals surface area contributed by atoms with E-state index in [2.05, 4.69) is 10.0 Å². The molecule has 0 bridgehead atoms. The Hall–Kier alpha value is -0.940. The fourth-order valence-electron chi connectivity index (χ4n) is 1.28. The van der Waals surface area contributed by atoms with Gasteiger partial charge < -0.3 is 5.32 Å². The molecule has 0 aliphatic rings. The van der Waals surface area contributed by atoms with E-state index in [1.54, 1.807) is 0 Å². The minimum Gasteiger partial charge on any atom is -0.314 e. The summed E-state index contributed by atoms with van der Waals surface area (Å²) in [6, 6.07) is 5.29. The van der Waals surface area contributed by atoms with E-state index < -0.39 is 10.0 Å². The van der Waals surface area contributed by atoms with Crippen LogP contribution in [0.2, 0.25) is 0 Å².